The van der Waals surface area contributed by atoms with Gasteiger partial charge in [-0.25, -0.2) is 0 Å². The fraction of sp³-hybridized carbons (Fsp3) is 0.389. The van der Waals surface area contributed by atoms with E-state index < -0.39 is 0 Å². The van der Waals surface area contributed by atoms with Gasteiger partial charge < -0.3 is 14.6 Å². The SMILES string of the molecule is Cl.O=C(c1ccc(-c2ccccc2Cl)o1)N1C2CCNCC1CC2. The predicted octanol–water partition coefficient (Wildman–Crippen LogP) is 3.99. The monoisotopic (exact) mass is 366 g/mol. The summed E-state index contributed by atoms with van der Waals surface area (Å²) in [6.07, 6.45) is 3.18. The van der Waals surface area contributed by atoms with Crippen molar-refractivity contribution in [2.24, 2.45) is 0 Å². The van der Waals surface area contributed by atoms with Gasteiger partial charge in [-0.3, -0.25) is 4.79 Å². The van der Waals surface area contributed by atoms with Crippen LogP contribution >= 0.6 is 24.0 Å². The Morgan fingerprint density at radius 2 is 1.92 bits per heavy atom. The molecule has 1 aromatic carbocycles. The number of fused-ring (bicyclic) bond motifs is 2. The highest BCUT2D eigenvalue weighted by molar-refractivity contribution is 6.33. The van der Waals surface area contributed by atoms with E-state index >= 15 is 0 Å². The Bertz CT molecular complexity index is 717. The van der Waals surface area contributed by atoms with Crippen LogP contribution in [0, 0.1) is 0 Å². The van der Waals surface area contributed by atoms with E-state index in [1.807, 2.05) is 35.2 Å². The summed E-state index contributed by atoms with van der Waals surface area (Å²) in [5.41, 5.74) is 0.814. The number of hydrogen-bond acceptors (Lipinski definition) is 3. The van der Waals surface area contributed by atoms with Gasteiger partial charge in [-0.15, -0.1) is 12.4 Å². The first-order chi connectivity index (χ1) is 11.2. The number of nitrogens with one attached hydrogen (secondary N) is 1. The van der Waals surface area contributed by atoms with Crippen molar-refractivity contribution >= 4 is 29.9 Å². The maximum Gasteiger partial charge on any atom is 0.290 e. The standard InChI is InChI=1S/C18H19ClN2O2.ClH/c19-15-4-2-1-3-14(15)16-7-8-17(23-16)18(22)21-12-5-6-13(21)11-20-10-9-12;/h1-4,7-8,12-13,20H,5-6,9-11H2;1H. The Morgan fingerprint density at radius 1 is 1.12 bits per heavy atom. The molecule has 2 saturated heterocycles. The lowest BCUT2D eigenvalue weighted by Gasteiger charge is -2.26. The molecule has 1 amide bonds. The molecule has 1 N–H and O–H groups in total. The fourth-order valence-corrected chi connectivity index (χ4v) is 3.93. The molecule has 24 heavy (non-hydrogen) atoms. The van der Waals surface area contributed by atoms with Crippen LogP contribution in [-0.4, -0.2) is 36.0 Å². The van der Waals surface area contributed by atoms with E-state index in [0.29, 0.717) is 22.6 Å². The van der Waals surface area contributed by atoms with Gasteiger partial charge in [-0.1, -0.05) is 23.7 Å². The minimum Gasteiger partial charge on any atom is -0.451 e. The first-order valence-electron chi connectivity index (χ1n) is 8.12. The number of halogens is 2. The molecule has 2 aliphatic heterocycles. The second kappa shape index (κ2) is 7.18. The van der Waals surface area contributed by atoms with Crippen LogP contribution in [0.1, 0.15) is 29.8 Å². The molecule has 0 spiro atoms. The van der Waals surface area contributed by atoms with E-state index in [9.17, 15) is 4.79 Å². The highest BCUT2D eigenvalue weighted by Gasteiger charge is 2.39. The van der Waals surface area contributed by atoms with Crippen molar-refractivity contribution in [2.45, 2.75) is 31.3 Å². The summed E-state index contributed by atoms with van der Waals surface area (Å²) in [6.45, 7) is 1.86. The lowest BCUT2D eigenvalue weighted by atomic mass is 10.1. The highest BCUT2D eigenvalue weighted by Crippen LogP contribution is 2.32. The number of carbonyl (C=O) groups is 1. The van der Waals surface area contributed by atoms with E-state index in [0.717, 1.165) is 37.9 Å². The molecule has 2 fully saturated rings. The van der Waals surface area contributed by atoms with Crippen LogP contribution in [0.25, 0.3) is 11.3 Å². The molecule has 128 valence electrons. The number of amides is 1. The molecule has 0 saturated carbocycles. The molecule has 1 aromatic heterocycles. The van der Waals surface area contributed by atoms with Crippen molar-refractivity contribution in [1.82, 2.24) is 10.2 Å². The van der Waals surface area contributed by atoms with Crippen LogP contribution < -0.4 is 5.32 Å². The first-order valence-corrected chi connectivity index (χ1v) is 8.50. The molecule has 2 atom stereocenters. The number of hydrogen-bond donors (Lipinski definition) is 1. The minimum absolute atomic E-state index is 0. The van der Waals surface area contributed by atoms with Crippen LogP contribution in [0.4, 0.5) is 0 Å². The molecule has 3 heterocycles. The van der Waals surface area contributed by atoms with Crippen molar-refractivity contribution in [2.75, 3.05) is 13.1 Å². The van der Waals surface area contributed by atoms with Crippen LogP contribution in [0.3, 0.4) is 0 Å². The fourth-order valence-electron chi connectivity index (χ4n) is 3.70. The zero-order valence-electron chi connectivity index (χ0n) is 13.2. The van der Waals surface area contributed by atoms with E-state index in [-0.39, 0.29) is 24.4 Å². The van der Waals surface area contributed by atoms with Gasteiger partial charge in [-0.05, 0) is 50.1 Å². The molecule has 0 aliphatic carbocycles. The summed E-state index contributed by atoms with van der Waals surface area (Å²) in [4.78, 5) is 14.9. The molecular weight excluding hydrogens is 347 g/mol. The van der Waals surface area contributed by atoms with Gasteiger partial charge in [0.05, 0.1) is 5.02 Å². The Balaban J connectivity index is 0.00000169. The second-order valence-electron chi connectivity index (χ2n) is 6.23. The molecule has 2 bridgehead atoms. The van der Waals surface area contributed by atoms with Gasteiger partial charge in [0.1, 0.15) is 5.76 Å². The maximum atomic E-state index is 12.9. The smallest absolute Gasteiger partial charge is 0.290 e. The third-order valence-electron chi connectivity index (χ3n) is 4.84. The molecule has 0 radical (unpaired) electrons. The molecule has 4 nitrogen and oxygen atoms in total. The summed E-state index contributed by atoms with van der Waals surface area (Å²) in [5.74, 6) is 1.04. The van der Waals surface area contributed by atoms with E-state index in [1.54, 1.807) is 6.07 Å². The van der Waals surface area contributed by atoms with Crippen molar-refractivity contribution < 1.29 is 9.21 Å². The lowest BCUT2D eigenvalue weighted by molar-refractivity contribution is 0.0648. The van der Waals surface area contributed by atoms with Crippen LogP contribution in [0.2, 0.25) is 5.02 Å². The van der Waals surface area contributed by atoms with Gasteiger partial charge in [0.15, 0.2) is 5.76 Å². The average molecular weight is 367 g/mol. The van der Waals surface area contributed by atoms with Gasteiger partial charge in [0, 0.05) is 24.2 Å². The molecule has 2 unspecified atom stereocenters. The van der Waals surface area contributed by atoms with Crippen LogP contribution in [-0.2, 0) is 0 Å². The minimum atomic E-state index is -0.000460. The van der Waals surface area contributed by atoms with Gasteiger partial charge >= 0.3 is 0 Å². The summed E-state index contributed by atoms with van der Waals surface area (Å²) in [5, 5.41) is 4.04. The van der Waals surface area contributed by atoms with E-state index in [1.165, 1.54) is 0 Å². The summed E-state index contributed by atoms with van der Waals surface area (Å²) >= 11 is 6.21. The Labute approximate surface area is 152 Å². The highest BCUT2D eigenvalue weighted by atomic mass is 35.5. The number of nitrogens with zero attached hydrogens (tertiary/aromatic N) is 1. The largest absolute Gasteiger partial charge is 0.451 e. The third kappa shape index (κ3) is 3.06. The third-order valence-corrected chi connectivity index (χ3v) is 5.17. The second-order valence-corrected chi connectivity index (χ2v) is 6.64. The van der Waals surface area contributed by atoms with Crippen LogP contribution in [0.15, 0.2) is 40.8 Å². The topological polar surface area (TPSA) is 45.5 Å². The maximum absolute atomic E-state index is 12.9. The summed E-state index contributed by atoms with van der Waals surface area (Å²) < 4.78 is 5.83. The molecule has 4 rings (SSSR count). The van der Waals surface area contributed by atoms with Gasteiger partial charge in [-0.2, -0.15) is 0 Å². The van der Waals surface area contributed by atoms with Gasteiger partial charge in [0.25, 0.3) is 5.91 Å². The first kappa shape index (κ1) is 17.3. The summed E-state index contributed by atoms with van der Waals surface area (Å²) in [7, 11) is 0. The molecule has 6 heteroatoms. The van der Waals surface area contributed by atoms with E-state index in [4.69, 9.17) is 16.0 Å². The number of carbonyl (C=O) groups excluding carboxylic acids is 1. The number of furan rings is 1. The Hall–Kier alpha value is -1.49. The van der Waals surface area contributed by atoms with Gasteiger partial charge in [0.2, 0.25) is 0 Å². The molecule has 2 aromatic rings. The van der Waals surface area contributed by atoms with E-state index in [2.05, 4.69) is 5.32 Å². The van der Waals surface area contributed by atoms with Crippen molar-refractivity contribution in [3.8, 4) is 11.3 Å². The zero-order valence-corrected chi connectivity index (χ0v) is 14.8. The Kier molecular flexibility index (Phi) is 5.18. The number of benzene rings is 1. The lowest BCUT2D eigenvalue weighted by Crippen LogP contribution is -2.42. The zero-order chi connectivity index (χ0) is 15.8. The quantitative estimate of drug-likeness (QED) is 0.873. The van der Waals surface area contributed by atoms with Crippen molar-refractivity contribution in [1.29, 1.82) is 0 Å². The normalized spacial score (nSPS) is 22.8. The molecular formula is C18H20Cl2N2O2. The van der Waals surface area contributed by atoms with Crippen molar-refractivity contribution in [3.05, 3.63) is 47.2 Å². The van der Waals surface area contributed by atoms with Crippen molar-refractivity contribution in [3.63, 3.8) is 0 Å². The predicted molar refractivity (Wildman–Crippen MR) is 96.9 cm³/mol. The Morgan fingerprint density at radius 3 is 2.75 bits per heavy atom. The molecule has 2 aliphatic rings. The number of rotatable bonds is 2. The van der Waals surface area contributed by atoms with Crippen LogP contribution in [0.5, 0.6) is 0 Å². The average Bonchev–Trinajstić information content (AvgIpc) is 3.11. The summed E-state index contributed by atoms with van der Waals surface area (Å²) in [6, 6.07) is 11.7.